The number of benzene rings is 1. The number of unbranched alkanes of at least 4 members (excludes halogenated alkanes) is 3. The Hall–Kier alpha value is -3.71. The number of hydrogen-bond donors (Lipinski definition) is 1. The maximum Gasteiger partial charge on any atom is 0.224 e. The maximum absolute atomic E-state index is 12.7. The van der Waals surface area contributed by atoms with Crippen molar-refractivity contribution in [1.29, 1.82) is 0 Å². The molecular weight excluding hydrogens is 474 g/mol. The highest BCUT2D eigenvalue weighted by atomic mass is 16.5. The van der Waals surface area contributed by atoms with Crippen molar-refractivity contribution in [2.75, 3.05) is 20.2 Å². The van der Waals surface area contributed by atoms with Gasteiger partial charge in [-0.15, -0.1) is 0 Å². The minimum absolute atomic E-state index is 0.0697. The highest BCUT2D eigenvalue weighted by Gasteiger charge is 2.16. The Morgan fingerprint density at radius 1 is 0.947 bits per heavy atom. The summed E-state index contributed by atoms with van der Waals surface area (Å²) >= 11 is 0. The number of rotatable bonds is 14. The topological polar surface area (TPSA) is 72.3 Å². The number of nitrogens with zero attached hydrogens (tertiary/aromatic N) is 4. The summed E-state index contributed by atoms with van der Waals surface area (Å²) in [6.45, 7) is 5.39. The molecule has 0 aliphatic rings. The van der Waals surface area contributed by atoms with Gasteiger partial charge >= 0.3 is 0 Å². The van der Waals surface area contributed by atoms with E-state index in [0.29, 0.717) is 13.0 Å². The van der Waals surface area contributed by atoms with Crippen LogP contribution in [0.3, 0.4) is 0 Å². The lowest BCUT2D eigenvalue weighted by atomic mass is 10.1. The van der Waals surface area contributed by atoms with Gasteiger partial charge in [0.15, 0.2) is 0 Å². The molecular formula is C31H39N5O2. The van der Waals surface area contributed by atoms with Crippen LogP contribution in [-0.2, 0) is 31.4 Å². The van der Waals surface area contributed by atoms with Crippen molar-refractivity contribution < 1.29 is 9.53 Å². The van der Waals surface area contributed by atoms with E-state index in [0.717, 1.165) is 84.6 Å². The summed E-state index contributed by atoms with van der Waals surface area (Å²) < 4.78 is 7.54. The van der Waals surface area contributed by atoms with Gasteiger partial charge < -0.3 is 14.6 Å². The van der Waals surface area contributed by atoms with E-state index >= 15 is 0 Å². The van der Waals surface area contributed by atoms with Gasteiger partial charge in [0.1, 0.15) is 5.75 Å². The third-order valence-corrected chi connectivity index (χ3v) is 7.11. The second-order valence-electron chi connectivity index (χ2n) is 9.80. The van der Waals surface area contributed by atoms with Crippen molar-refractivity contribution in [2.45, 2.75) is 52.1 Å². The molecule has 0 saturated carbocycles. The molecule has 0 atom stereocenters. The Balaban J connectivity index is 1.20. The predicted molar refractivity (Wildman–Crippen MR) is 152 cm³/mol. The first-order valence-electron chi connectivity index (χ1n) is 13.5. The van der Waals surface area contributed by atoms with Crippen molar-refractivity contribution >= 4 is 16.8 Å². The minimum atomic E-state index is 0.0697. The predicted octanol–water partition coefficient (Wildman–Crippen LogP) is 5.21. The van der Waals surface area contributed by atoms with Crippen LogP contribution < -0.4 is 10.1 Å². The molecule has 7 heteroatoms. The molecule has 0 unspecified atom stereocenters. The summed E-state index contributed by atoms with van der Waals surface area (Å²) in [5, 5.41) is 4.20. The number of hydrogen-bond acceptors (Lipinski definition) is 5. The third kappa shape index (κ3) is 7.42. The Morgan fingerprint density at radius 2 is 1.63 bits per heavy atom. The highest BCUT2D eigenvalue weighted by Crippen LogP contribution is 2.29. The fourth-order valence-corrected chi connectivity index (χ4v) is 4.90. The number of pyridine rings is 2. The summed E-state index contributed by atoms with van der Waals surface area (Å²) in [5.41, 5.74) is 5.45. The van der Waals surface area contributed by atoms with E-state index in [1.165, 1.54) is 0 Å². The summed E-state index contributed by atoms with van der Waals surface area (Å²) in [4.78, 5) is 24.1. The molecule has 1 aromatic carbocycles. The fourth-order valence-electron chi connectivity index (χ4n) is 4.90. The first-order valence-corrected chi connectivity index (χ1v) is 13.5. The third-order valence-electron chi connectivity index (χ3n) is 7.11. The standard InChI is InChI=1S/C31H39N5O2/c1-24-28(29-20-27(38-3)14-15-30(29)35(24)2)21-31(37)34-18-8-4-5-11-19-36(22-25-12-6-9-16-32-25)23-26-13-7-10-17-33-26/h6-7,9-10,12-17,20H,4-5,8,11,18-19,21-23H2,1-3H3,(H,34,37). The zero-order valence-corrected chi connectivity index (χ0v) is 22.8. The molecule has 4 aromatic rings. The van der Waals surface area contributed by atoms with Gasteiger partial charge in [-0.1, -0.05) is 25.0 Å². The second kappa shape index (κ2) is 13.7. The molecule has 38 heavy (non-hydrogen) atoms. The molecule has 0 bridgehead atoms. The molecule has 0 saturated heterocycles. The lowest BCUT2D eigenvalue weighted by Gasteiger charge is -2.21. The fraction of sp³-hybridized carbons (Fsp3) is 0.387. The summed E-state index contributed by atoms with van der Waals surface area (Å²) in [5.74, 6) is 0.878. The summed E-state index contributed by atoms with van der Waals surface area (Å²) in [6, 6.07) is 18.2. The number of ether oxygens (including phenoxy) is 1. The van der Waals surface area contributed by atoms with Crippen LogP contribution >= 0.6 is 0 Å². The van der Waals surface area contributed by atoms with E-state index in [-0.39, 0.29) is 5.91 Å². The molecule has 4 rings (SSSR count). The number of aromatic nitrogens is 3. The average Bonchev–Trinajstić information content (AvgIpc) is 3.17. The second-order valence-corrected chi connectivity index (χ2v) is 9.80. The lowest BCUT2D eigenvalue weighted by Crippen LogP contribution is -2.26. The molecule has 0 radical (unpaired) electrons. The highest BCUT2D eigenvalue weighted by molar-refractivity contribution is 5.91. The monoisotopic (exact) mass is 513 g/mol. The molecule has 200 valence electrons. The van der Waals surface area contributed by atoms with Gasteiger partial charge in [-0.25, -0.2) is 0 Å². The van der Waals surface area contributed by atoms with Crippen LogP contribution in [0.25, 0.3) is 10.9 Å². The first-order chi connectivity index (χ1) is 18.5. The minimum Gasteiger partial charge on any atom is -0.497 e. The number of methoxy groups -OCH3 is 1. The number of amides is 1. The van der Waals surface area contributed by atoms with Crippen molar-refractivity contribution in [2.24, 2.45) is 7.05 Å². The van der Waals surface area contributed by atoms with Crippen LogP contribution in [0.5, 0.6) is 5.75 Å². The number of aryl methyl sites for hydroxylation is 1. The van der Waals surface area contributed by atoms with Crippen LogP contribution in [0, 0.1) is 6.92 Å². The summed E-state index contributed by atoms with van der Waals surface area (Å²) in [6.07, 6.45) is 8.37. The number of carbonyl (C=O) groups excluding carboxylic acids is 1. The van der Waals surface area contributed by atoms with Crippen molar-refractivity contribution in [1.82, 2.24) is 24.8 Å². The lowest BCUT2D eigenvalue weighted by molar-refractivity contribution is -0.120. The molecule has 0 aliphatic carbocycles. The van der Waals surface area contributed by atoms with E-state index in [4.69, 9.17) is 4.74 Å². The molecule has 1 amide bonds. The Morgan fingerprint density at radius 3 is 2.26 bits per heavy atom. The van der Waals surface area contributed by atoms with Crippen molar-refractivity contribution in [3.63, 3.8) is 0 Å². The molecule has 7 nitrogen and oxygen atoms in total. The van der Waals surface area contributed by atoms with Gasteiger partial charge in [0.25, 0.3) is 0 Å². The van der Waals surface area contributed by atoms with Crippen LogP contribution in [0.1, 0.15) is 48.3 Å². The van der Waals surface area contributed by atoms with Gasteiger partial charge in [0.2, 0.25) is 5.91 Å². The molecule has 0 spiro atoms. The van der Waals surface area contributed by atoms with Gasteiger partial charge in [-0.3, -0.25) is 19.7 Å². The van der Waals surface area contributed by atoms with Gasteiger partial charge in [-0.05, 0) is 74.3 Å². The van der Waals surface area contributed by atoms with Gasteiger partial charge in [0, 0.05) is 55.7 Å². The Kier molecular flexibility index (Phi) is 9.87. The van der Waals surface area contributed by atoms with Crippen LogP contribution in [0.15, 0.2) is 67.0 Å². The van der Waals surface area contributed by atoms with E-state index in [1.807, 2.05) is 55.8 Å². The molecule has 0 aliphatic heterocycles. The smallest absolute Gasteiger partial charge is 0.224 e. The van der Waals surface area contributed by atoms with Crippen LogP contribution in [-0.4, -0.2) is 45.5 Å². The molecule has 3 heterocycles. The SMILES string of the molecule is COc1ccc2c(c1)c(CC(=O)NCCCCCCN(Cc1ccccn1)Cc1ccccn1)c(C)n2C. The van der Waals surface area contributed by atoms with E-state index in [1.54, 1.807) is 7.11 Å². The number of carbonyl (C=O) groups is 1. The quantitative estimate of drug-likeness (QED) is 0.235. The molecule has 1 N–H and O–H groups in total. The zero-order chi connectivity index (χ0) is 26.7. The Labute approximate surface area is 225 Å². The molecule has 0 fully saturated rings. The van der Waals surface area contributed by atoms with E-state index in [2.05, 4.69) is 49.9 Å². The number of fused-ring (bicyclic) bond motifs is 1. The Bertz CT molecular complexity index is 1260. The van der Waals surface area contributed by atoms with Gasteiger partial charge in [0.05, 0.1) is 24.9 Å². The maximum atomic E-state index is 12.7. The van der Waals surface area contributed by atoms with Crippen molar-refractivity contribution in [3.05, 3.63) is 89.6 Å². The van der Waals surface area contributed by atoms with Crippen LogP contribution in [0.2, 0.25) is 0 Å². The largest absolute Gasteiger partial charge is 0.497 e. The summed E-state index contributed by atoms with van der Waals surface area (Å²) in [7, 11) is 3.71. The van der Waals surface area contributed by atoms with E-state index < -0.39 is 0 Å². The molecule has 3 aromatic heterocycles. The van der Waals surface area contributed by atoms with Crippen LogP contribution in [0.4, 0.5) is 0 Å². The van der Waals surface area contributed by atoms with E-state index in [9.17, 15) is 4.79 Å². The average molecular weight is 514 g/mol. The van der Waals surface area contributed by atoms with Gasteiger partial charge in [-0.2, -0.15) is 0 Å². The number of nitrogens with one attached hydrogen (secondary N) is 1. The zero-order valence-electron chi connectivity index (χ0n) is 22.8. The first kappa shape index (κ1) is 27.3. The van der Waals surface area contributed by atoms with Crippen molar-refractivity contribution in [3.8, 4) is 5.75 Å². The normalized spacial score (nSPS) is 11.3.